The van der Waals surface area contributed by atoms with Crippen LogP contribution >= 0.6 is 11.3 Å². The Kier molecular flexibility index (Phi) is 3.78. The fourth-order valence-electron chi connectivity index (χ4n) is 1.74. The van der Waals surface area contributed by atoms with Gasteiger partial charge in [-0.15, -0.1) is 11.3 Å². The minimum atomic E-state index is -0.825. The van der Waals surface area contributed by atoms with Crippen molar-refractivity contribution in [1.29, 1.82) is 0 Å². The number of thiophene rings is 1. The molecule has 0 atom stereocenters. The lowest BCUT2D eigenvalue weighted by molar-refractivity contribution is -0.137. The molecule has 0 aliphatic heterocycles. The molecule has 1 aromatic heterocycles. The monoisotopic (exact) mass is 253 g/mol. The van der Waals surface area contributed by atoms with Crippen molar-refractivity contribution in [2.24, 2.45) is 0 Å². The maximum absolute atomic E-state index is 11.9. The zero-order chi connectivity index (χ0) is 12.3. The van der Waals surface area contributed by atoms with Gasteiger partial charge in [-0.05, 0) is 42.2 Å². The zero-order valence-corrected chi connectivity index (χ0v) is 10.3. The second-order valence-corrected chi connectivity index (χ2v) is 5.15. The van der Waals surface area contributed by atoms with Crippen LogP contribution in [-0.4, -0.2) is 23.5 Å². The number of hydrogen-bond acceptors (Lipinski definition) is 3. The van der Waals surface area contributed by atoms with Crippen LogP contribution in [0.25, 0.3) is 0 Å². The molecule has 5 heteroatoms. The molecule has 1 heterocycles. The average molecular weight is 253 g/mol. The van der Waals surface area contributed by atoms with Crippen LogP contribution in [0, 0.1) is 0 Å². The van der Waals surface area contributed by atoms with Crippen LogP contribution in [0.15, 0.2) is 11.4 Å². The molecule has 0 bridgehead atoms. The lowest BCUT2D eigenvalue weighted by atomic mass is 10.1. The smallest absolute Gasteiger partial charge is 0.303 e. The zero-order valence-electron chi connectivity index (χ0n) is 9.44. The van der Waals surface area contributed by atoms with Gasteiger partial charge in [-0.25, -0.2) is 0 Å². The molecule has 4 nitrogen and oxygen atoms in total. The van der Waals surface area contributed by atoms with E-state index in [1.807, 2.05) is 11.4 Å². The molecule has 2 N–H and O–H groups in total. The first-order valence-electron chi connectivity index (χ1n) is 5.76. The van der Waals surface area contributed by atoms with E-state index < -0.39 is 5.97 Å². The Morgan fingerprint density at radius 3 is 2.88 bits per heavy atom. The molecule has 0 saturated heterocycles. The second-order valence-electron chi connectivity index (χ2n) is 4.23. The second kappa shape index (κ2) is 5.31. The largest absolute Gasteiger partial charge is 0.481 e. The van der Waals surface area contributed by atoms with Crippen molar-refractivity contribution in [1.82, 2.24) is 5.32 Å². The maximum atomic E-state index is 11.9. The third-order valence-corrected chi connectivity index (χ3v) is 3.70. The number of rotatable bonds is 6. The van der Waals surface area contributed by atoms with Gasteiger partial charge in [0.15, 0.2) is 0 Å². The summed E-state index contributed by atoms with van der Waals surface area (Å²) >= 11 is 1.46. The molecule has 1 saturated carbocycles. The van der Waals surface area contributed by atoms with Gasteiger partial charge >= 0.3 is 5.97 Å². The van der Waals surface area contributed by atoms with E-state index in [0.29, 0.717) is 18.9 Å². The molecule has 0 spiro atoms. The fourth-order valence-corrected chi connectivity index (χ4v) is 2.64. The Morgan fingerprint density at radius 1 is 1.47 bits per heavy atom. The van der Waals surface area contributed by atoms with E-state index >= 15 is 0 Å². The highest BCUT2D eigenvalue weighted by atomic mass is 32.1. The van der Waals surface area contributed by atoms with Crippen molar-refractivity contribution < 1.29 is 14.7 Å². The van der Waals surface area contributed by atoms with Gasteiger partial charge in [0.05, 0.1) is 4.88 Å². The summed E-state index contributed by atoms with van der Waals surface area (Å²) in [4.78, 5) is 23.0. The van der Waals surface area contributed by atoms with E-state index in [0.717, 1.165) is 10.4 Å². The highest BCUT2D eigenvalue weighted by molar-refractivity contribution is 7.12. The fraction of sp³-hybridized carbons (Fsp3) is 0.500. The first-order valence-corrected chi connectivity index (χ1v) is 6.64. The van der Waals surface area contributed by atoms with Crippen molar-refractivity contribution in [3.05, 3.63) is 21.9 Å². The predicted molar refractivity (Wildman–Crippen MR) is 65.5 cm³/mol. The molecule has 1 amide bonds. The predicted octanol–water partition coefficient (Wildman–Crippen LogP) is 2.22. The Labute approximate surface area is 104 Å². The van der Waals surface area contributed by atoms with Crippen LogP contribution in [0.1, 0.15) is 46.8 Å². The lowest BCUT2D eigenvalue weighted by Gasteiger charge is -2.04. The normalized spacial score (nSPS) is 14.6. The van der Waals surface area contributed by atoms with Crippen molar-refractivity contribution in [2.45, 2.75) is 31.6 Å². The quantitative estimate of drug-likeness (QED) is 0.764. The summed E-state index contributed by atoms with van der Waals surface area (Å²) in [6.07, 6.45) is 2.93. The van der Waals surface area contributed by atoms with Gasteiger partial charge in [-0.3, -0.25) is 9.59 Å². The Hall–Kier alpha value is -1.36. The first kappa shape index (κ1) is 12.1. The maximum Gasteiger partial charge on any atom is 0.303 e. The van der Waals surface area contributed by atoms with Crippen molar-refractivity contribution >= 4 is 23.2 Å². The van der Waals surface area contributed by atoms with E-state index in [1.54, 1.807) is 0 Å². The number of amides is 1. The van der Waals surface area contributed by atoms with Crippen LogP contribution in [-0.2, 0) is 4.79 Å². The van der Waals surface area contributed by atoms with E-state index in [-0.39, 0.29) is 12.3 Å². The number of hydrogen-bond donors (Lipinski definition) is 2. The minimum absolute atomic E-state index is 0.0627. The summed E-state index contributed by atoms with van der Waals surface area (Å²) in [5, 5.41) is 13.2. The number of carbonyl (C=O) groups is 2. The number of nitrogens with one attached hydrogen (secondary N) is 1. The van der Waals surface area contributed by atoms with Gasteiger partial charge in [0.2, 0.25) is 0 Å². The number of carbonyl (C=O) groups excluding carboxylic acids is 1. The third-order valence-electron chi connectivity index (χ3n) is 2.77. The SMILES string of the molecule is O=C(O)CCCNC(=O)c1sccc1C1CC1. The molecular formula is C12H15NO3S. The first-order chi connectivity index (χ1) is 8.18. The van der Waals surface area contributed by atoms with Gasteiger partial charge in [0, 0.05) is 13.0 Å². The lowest BCUT2D eigenvalue weighted by Crippen LogP contribution is -2.24. The van der Waals surface area contributed by atoms with Gasteiger partial charge in [0.1, 0.15) is 0 Å². The highest BCUT2D eigenvalue weighted by Crippen LogP contribution is 2.43. The molecule has 0 aromatic carbocycles. The number of aliphatic carboxylic acids is 1. The molecule has 92 valence electrons. The van der Waals surface area contributed by atoms with Crippen LogP contribution in [0.4, 0.5) is 0 Å². The number of carboxylic acids is 1. The molecule has 1 aliphatic carbocycles. The van der Waals surface area contributed by atoms with Gasteiger partial charge < -0.3 is 10.4 Å². The standard InChI is InChI=1S/C12H15NO3S/c14-10(15)2-1-6-13-12(16)11-9(5-7-17-11)8-3-4-8/h5,7-8H,1-4,6H2,(H,13,16)(H,14,15). The van der Waals surface area contributed by atoms with Gasteiger partial charge in [-0.2, -0.15) is 0 Å². The summed E-state index contributed by atoms with van der Waals surface area (Å²) in [5.74, 6) is -0.317. The van der Waals surface area contributed by atoms with Crippen LogP contribution < -0.4 is 5.32 Å². The molecule has 1 aromatic rings. The summed E-state index contributed by atoms with van der Waals surface area (Å²) in [5.41, 5.74) is 1.16. The summed E-state index contributed by atoms with van der Waals surface area (Å²) < 4.78 is 0. The third kappa shape index (κ3) is 3.30. The Morgan fingerprint density at radius 2 is 2.24 bits per heavy atom. The Balaban J connectivity index is 1.82. The molecule has 0 unspecified atom stereocenters. The molecule has 2 rings (SSSR count). The van der Waals surface area contributed by atoms with Crippen LogP contribution in [0.5, 0.6) is 0 Å². The highest BCUT2D eigenvalue weighted by Gasteiger charge is 2.28. The Bertz CT molecular complexity index is 423. The van der Waals surface area contributed by atoms with E-state index in [2.05, 4.69) is 5.32 Å². The van der Waals surface area contributed by atoms with Crippen molar-refractivity contribution in [3.8, 4) is 0 Å². The molecule has 0 radical (unpaired) electrons. The van der Waals surface area contributed by atoms with Gasteiger partial charge in [-0.1, -0.05) is 0 Å². The van der Waals surface area contributed by atoms with Crippen molar-refractivity contribution in [2.75, 3.05) is 6.54 Å². The molecule has 1 fully saturated rings. The minimum Gasteiger partial charge on any atom is -0.481 e. The average Bonchev–Trinajstić information content (AvgIpc) is 3.02. The van der Waals surface area contributed by atoms with E-state index in [9.17, 15) is 9.59 Å². The topological polar surface area (TPSA) is 66.4 Å². The summed E-state index contributed by atoms with van der Waals surface area (Å²) in [6.45, 7) is 0.424. The molecule has 17 heavy (non-hydrogen) atoms. The number of carboxylic acid groups (broad SMARTS) is 1. The summed E-state index contributed by atoms with van der Waals surface area (Å²) in [6, 6.07) is 2.02. The van der Waals surface area contributed by atoms with Crippen molar-refractivity contribution in [3.63, 3.8) is 0 Å². The van der Waals surface area contributed by atoms with E-state index in [4.69, 9.17) is 5.11 Å². The summed E-state index contributed by atoms with van der Waals surface area (Å²) in [7, 11) is 0. The van der Waals surface area contributed by atoms with E-state index in [1.165, 1.54) is 24.2 Å². The molecule has 1 aliphatic rings. The van der Waals surface area contributed by atoms with Crippen LogP contribution in [0.2, 0.25) is 0 Å². The van der Waals surface area contributed by atoms with Crippen LogP contribution in [0.3, 0.4) is 0 Å². The molecular weight excluding hydrogens is 238 g/mol. The van der Waals surface area contributed by atoms with Gasteiger partial charge in [0.25, 0.3) is 5.91 Å².